The lowest BCUT2D eigenvalue weighted by Gasteiger charge is -2.58. The van der Waals surface area contributed by atoms with Crippen LogP contribution < -0.4 is 4.74 Å². The van der Waals surface area contributed by atoms with Crippen molar-refractivity contribution in [1.82, 2.24) is 0 Å². The van der Waals surface area contributed by atoms with Gasteiger partial charge in [-0.15, -0.1) is 0 Å². The van der Waals surface area contributed by atoms with Crippen LogP contribution in [-0.2, 0) is 16.0 Å². The largest absolute Gasteiger partial charge is 0.508 e. The predicted octanol–water partition coefficient (Wildman–Crippen LogP) is 10.3. The molecule has 4 nitrogen and oxygen atoms in total. The second-order valence-electron chi connectivity index (χ2n) is 16.9. The van der Waals surface area contributed by atoms with E-state index in [1.54, 1.807) is 18.2 Å². The number of carbonyl (C=O) groups excluding carboxylic acids is 2. The number of hydrogen-bond donors (Lipinski definition) is 1. The van der Waals surface area contributed by atoms with Crippen molar-refractivity contribution < 1.29 is 19.4 Å². The van der Waals surface area contributed by atoms with E-state index in [0.29, 0.717) is 41.4 Å². The molecule has 2 saturated carbocycles. The Morgan fingerprint density at radius 1 is 0.761 bits per heavy atom. The van der Waals surface area contributed by atoms with Crippen LogP contribution in [0.15, 0.2) is 65.0 Å². The average molecular weight is 625 g/mol. The smallest absolute Gasteiger partial charge is 0.221 e. The molecular weight excluding hydrogens is 568 g/mol. The van der Waals surface area contributed by atoms with Crippen LogP contribution in [0.5, 0.6) is 11.5 Å². The van der Waals surface area contributed by atoms with Crippen LogP contribution in [0.1, 0.15) is 119 Å². The van der Waals surface area contributed by atoms with E-state index in [2.05, 4.69) is 67.5 Å². The number of phenolic OH excluding ortho intramolecular Hbond substituents is 1. The fourth-order valence-corrected chi connectivity index (χ4v) is 10.9. The van der Waals surface area contributed by atoms with E-state index >= 15 is 0 Å². The third-order valence-corrected chi connectivity index (χ3v) is 14.7. The highest BCUT2D eigenvalue weighted by molar-refractivity contribution is 6.19. The first kappa shape index (κ1) is 33.0. The summed E-state index contributed by atoms with van der Waals surface area (Å²) in [6.45, 7) is 18.9. The minimum Gasteiger partial charge on any atom is -0.508 e. The third kappa shape index (κ3) is 5.27. The third-order valence-electron chi connectivity index (χ3n) is 14.7. The molecular formula is C42H56O4. The first-order chi connectivity index (χ1) is 21.6. The number of ketones is 2. The van der Waals surface area contributed by atoms with Crippen LogP contribution in [0, 0.1) is 45.3 Å². The van der Waals surface area contributed by atoms with Gasteiger partial charge in [-0.25, -0.2) is 0 Å². The van der Waals surface area contributed by atoms with Crippen molar-refractivity contribution in [2.75, 3.05) is 0 Å². The Kier molecular flexibility index (Phi) is 8.38. The maximum Gasteiger partial charge on any atom is 0.221 e. The molecule has 1 aromatic rings. The molecule has 0 aromatic heterocycles. The van der Waals surface area contributed by atoms with Crippen LogP contribution in [0.4, 0.5) is 0 Å². The predicted molar refractivity (Wildman–Crippen MR) is 185 cm³/mol. The summed E-state index contributed by atoms with van der Waals surface area (Å²) in [4.78, 5) is 27.1. The Morgan fingerprint density at radius 3 is 1.87 bits per heavy atom. The number of aromatic hydroxyl groups is 1. The summed E-state index contributed by atoms with van der Waals surface area (Å²) < 4.78 is 6.15. The van der Waals surface area contributed by atoms with E-state index in [-0.39, 0.29) is 44.7 Å². The van der Waals surface area contributed by atoms with E-state index in [0.717, 1.165) is 50.5 Å². The van der Waals surface area contributed by atoms with Gasteiger partial charge in [0, 0.05) is 11.6 Å². The Morgan fingerprint density at radius 2 is 1.30 bits per heavy atom. The monoisotopic (exact) mass is 624 g/mol. The Labute approximate surface area is 277 Å². The van der Waals surface area contributed by atoms with Gasteiger partial charge in [-0.3, -0.25) is 9.59 Å². The molecule has 4 heteroatoms. The number of allylic oxidation sites excluding steroid dienone is 7. The summed E-state index contributed by atoms with van der Waals surface area (Å²) in [5.74, 6) is 2.42. The van der Waals surface area contributed by atoms with E-state index < -0.39 is 0 Å². The topological polar surface area (TPSA) is 63.6 Å². The standard InChI is InChI=1S/C42H56O4/c1-26-11-9-13-37-39(26,5)19-17-28(3)41(37,7)24-30-21-32(15-16-33(30)43)46-36-23-34(44)31(22-35(36)45)25-42(8)29(4)18-20-40(6)27(2)12-10-14-38(40)42/h11-12,15-16,21-23,28-29,37-38,43H,9-10,13-14,17-20,24-25H2,1-8H3. The molecule has 46 heavy (non-hydrogen) atoms. The molecule has 248 valence electrons. The number of rotatable bonds is 6. The highest BCUT2D eigenvalue weighted by atomic mass is 16.5. The molecule has 1 N–H and O–H groups in total. The molecule has 8 atom stereocenters. The van der Waals surface area contributed by atoms with Crippen molar-refractivity contribution in [2.24, 2.45) is 45.3 Å². The molecule has 2 fully saturated rings. The quantitative estimate of drug-likeness (QED) is 0.253. The minimum absolute atomic E-state index is 0.0151. The van der Waals surface area contributed by atoms with Gasteiger partial charge in [0.25, 0.3) is 0 Å². The zero-order chi connectivity index (χ0) is 33.2. The Hall–Kier alpha value is -2.88. The molecule has 0 heterocycles. The molecule has 0 bridgehead atoms. The highest BCUT2D eigenvalue weighted by Crippen LogP contribution is 2.63. The van der Waals surface area contributed by atoms with Crippen LogP contribution in [0.3, 0.4) is 0 Å². The van der Waals surface area contributed by atoms with Gasteiger partial charge in [-0.1, -0.05) is 64.8 Å². The highest BCUT2D eigenvalue weighted by Gasteiger charge is 2.55. The fourth-order valence-electron chi connectivity index (χ4n) is 10.9. The molecule has 5 aliphatic rings. The van der Waals surface area contributed by atoms with Gasteiger partial charge >= 0.3 is 0 Å². The van der Waals surface area contributed by atoms with Gasteiger partial charge in [0.1, 0.15) is 11.5 Å². The lowest BCUT2D eigenvalue weighted by Crippen LogP contribution is -2.50. The number of carbonyl (C=O) groups is 2. The molecule has 0 amide bonds. The zero-order valence-corrected chi connectivity index (χ0v) is 29.6. The summed E-state index contributed by atoms with van der Waals surface area (Å²) in [6, 6.07) is 5.26. The van der Waals surface area contributed by atoms with Gasteiger partial charge in [-0.2, -0.15) is 0 Å². The lowest BCUT2D eigenvalue weighted by atomic mass is 9.46. The average Bonchev–Trinajstić information content (AvgIpc) is 3.00. The van der Waals surface area contributed by atoms with Gasteiger partial charge in [0.05, 0.1) is 0 Å². The second-order valence-corrected chi connectivity index (χ2v) is 16.9. The minimum atomic E-state index is -0.258. The van der Waals surface area contributed by atoms with E-state index in [9.17, 15) is 14.7 Å². The van der Waals surface area contributed by atoms with E-state index in [4.69, 9.17) is 4.74 Å². The van der Waals surface area contributed by atoms with Gasteiger partial charge in [-0.05, 0) is 153 Å². The normalized spacial score (nSPS) is 39.4. The second kappa shape index (κ2) is 11.7. The maximum absolute atomic E-state index is 13.6. The van der Waals surface area contributed by atoms with Crippen molar-refractivity contribution in [3.8, 4) is 11.5 Å². The summed E-state index contributed by atoms with van der Waals surface area (Å²) >= 11 is 0. The van der Waals surface area contributed by atoms with Crippen molar-refractivity contribution in [3.63, 3.8) is 0 Å². The van der Waals surface area contributed by atoms with E-state index in [1.165, 1.54) is 30.1 Å². The SMILES string of the molecule is CC1=CCCC2C1(C)CCC(C)C2(C)CC1=CC(=O)C(Oc2ccc(O)c(CC3(C)C(C)CCC4(C)C(C)=CCCC43)c2)=CC1=O. The van der Waals surface area contributed by atoms with Gasteiger partial charge in [0.15, 0.2) is 11.5 Å². The first-order valence-electron chi connectivity index (χ1n) is 18.0. The fraction of sp³-hybridized carbons (Fsp3) is 0.619. The number of fused-ring (bicyclic) bond motifs is 2. The van der Waals surface area contributed by atoms with Crippen LogP contribution in [-0.4, -0.2) is 16.7 Å². The van der Waals surface area contributed by atoms with Gasteiger partial charge < -0.3 is 9.84 Å². The maximum atomic E-state index is 13.6. The first-order valence-corrected chi connectivity index (χ1v) is 18.0. The van der Waals surface area contributed by atoms with E-state index in [1.807, 2.05) is 6.07 Å². The molecule has 0 radical (unpaired) electrons. The number of hydrogen-bond acceptors (Lipinski definition) is 4. The van der Waals surface area contributed by atoms with Crippen molar-refractivity contribution >= 4 is 11.6 Å². The van der Waals surface area contributed by atoms with Crippen LogP contribution >= 0.6 is 0 Å². The van der Waals surface area contributed by atoms with Crippen LogP contribution in [0.2, 0.25) is 0 Å². The summed E-state index contributed by atoms with van der Waals surface area (Å²) in [5, 5.41) is 11.0. The number of phenols is 1. The molecule has 0 spiro atoms. The molecule has 6 rings (SSSR count). The Balaban J connectivity index is 1.20. The molecule has 5 aliphatic carbocycles. The number of benzene rings is 1. The van der Waals surface area contributed by atoms with Gasteiger partial charge in [0.2, 0.25) is 5.78 Å². The number of ether oxygens (including phenoxy) is 1. The zero-order valence-electron chi connectivity index (χ0n) is 29.6. The summed E-state index contributed by atoms with van der Waals surface area (Å²) in [5.41, 5.74) is 4.73. The van der Waals surface area contributed by atoms with Crippen molar-refractivity contribution in [2.45, 2.75) is 120 Å². The van der Waals surface area contributed by atoms with Crippen molar-refractivity contribution in [1.29, 1.82) is 0 Å². The summed E-state index contributed by atoms with van der Waals surface area (Å²) in [7, 11) is 0. The van der Waals surface area contributed by atoms with Crippen molar-refractivity contribution in [3.05, 3.63) is 70.5 Å². The lowest BCUT2D eigenvalue weighted by molar-refractivity contribution is -0.117. The molecule has 1 aromatic carbocycles. The molecule has 8 unspecified atom stereocenters. The van der Waals surface area contributed by atoms with Crippen LogP contribution in [0.25, 0.3) is 0 Å². The molecule has 0 aliphatic heterocycles. The molecule has 0 saturated heterocycles. The summed E-state index contributed by atoms with van der Waals surface area (Å²) in [6.07, 6.45) is 18.3. The Bertz CT molecular complexity index is 1560.